The van der Waals surface area contributed by atoms with Crippen molar-refractivity contribution in [1.29, 1.82) is 0 Å². The zero-order valence-corrected chi connectivity index (χ0v) is 14.0. The number of aryl methyl sites for hydroxylation is 2. The van der Waals surface area contributed by atoms with E-state index < -0.39 is 0 Å². The first-order valence-electron chi connectivity index (χ1n) is 7.75. The third kappa shape index (κ3) is 3.12. The smallest absolute Gasteiger partial charge is 0.121 e. The maximum absolute atomic E-state index is 10.00. The van der Waals surface area contributed by atoms with Gasteiger partial charge in [-0.2, -0.15) is 0 Å². The molecule has 0 bridgehead atoms. The van der Waals surface area contributed by atoms with Gasteiger partial charge in [-0.05, 0) is 71.2 Å². The van der Waals surface area contributed by atoms with Gasteiger partial charge in [0.1, 0.15) is 5.75 Å². The van der Waals surface area contributed by atoms with E-state index in [2.05, 4.69) is 58.0 Å². The average Bonchev–Trinajstić information content (AvgIpc) is 2.43. The first-order valence-corrected chi connectivity index (χ1v) is 7.75. The Balaban J connectivity index is 2.68. The monoisotopic (exact) mass is 282 g/mol. The minimum absolute atomic E-state index is 0.407. The Kier molecular flexibility index (Phi) is 4.41. The molecule has 0 fully saturated rings. The lowest BCUT2D eigenvalue weighted by atomic mass is 9.87. The summed E-state index contributed by atoms with van der Waals surface area (Å²) in [4.78, 5) is 0. The van der Waals surface area contributed by atoms with E-state index in [9.17, 15) is 5.11 Å². The number of hydrogen-bond acceptors (Lipinski definition) is 1. The lowest BCUT2D eigenvalue weighted by Crippen LogP contribution is -1.97. The molecule has 0 saturated heterocycles. The molecule has 0 aromatic heterocycles. The highest BCUT2D eigenvalue weighted by molar-refractivity contribution is 5.71. The predicted molar refractivity (Wildman–Crippen MR) is 91.2 cm³/mol. The molecule has 0 spiro atoms. The minimum Gasteiger partial charge on any atom is -0.507 e. The van der Waals surface area contributed by atoms with Gasteiger partial charge in [0, 0.05) is 0 Å². The Morgan fingerprint density at radius 1 is 0.810 bits per heavy atom. The Morgan fingerprint density at radius 2 is 1.38 bits per heavy atom. The van der Waals surface area contributed by atoms with Crippen LogP contribution in [0.2, 0.25) is 0 Å². The van der Waals surface area contributed by atoms with E-state index in [4.69, 9.17) is 0 Å². The van der Waals surface area contributed by atoms with Crippen molar-refractivity contribution in [3.05, 3.63) is 52.6 Å². The summed E-state index contributed by atoms with van der Waals surface area (Å²) in [6.45, 7) is 12.8. The van der Waals surface area contributed by atoms with Crippen LogP contribution in [0, 0.1) is 13.8 Å². The molecule has 2 aromatic carbocycles. The fourth-order valence-corrected chi connectivity index (χ4v) is 2.80. The van der Waals surface area contributed by atoms with Crippen molar-refractivity contribution in [3.8, 4) is 16.9 Å². The van der Waals surface area contributed by atoms with Gasteiger partial charge in [0.25, 0.3) is 0 Å². The van der Waals surface area contributed by atoms with Gasteiger partial charge in [0.05, 0.1) is 0 Å². The average molecular weight is 282 g/mol. The normalized spacial score (nSPS) is 11.4. The van der Waals surface area contributed by atoms with Crippen LogP contribution >= 0.6 is 0 Å². The number of hydrogen-bond donors (Lipinski definition) is 1. The van der Waals surface area contributed by atoms with Crippen LogP contribution in [0.1, 0.15) is 61.8 Å². The van der Waals surface area contributed by atoms with Crippen LogP contribution in [-0.2, 0) is 0 Å². The lowest BCUT2D eigenvalue weighted by Gasteiger charge is -2.18. The van der Waals surface area contributed by atoms with Gasteiger partial charge in [-0.15, -0.1) is 0 Å². The topological polar surface area (TPSA) is 20.2 Å². The molecule has 1 nitrogen and oxygen atoms in total. The molecule has 2 rings (SSSR count). The summed E-state index contributed by atoms with van der Waals surface area (Å²) in [5, 5.41) is 10.00. The summed E-state index contributed by atoms with van der Waals surface area (Å²) >= 11 is 0. The van der Waals surface area contributed by atoms with Crippen molar-refractivity contribution in [2.45, 2.75) is 53.4 Å². The largest absolute Gasteiger partial charge is 0.507 e. The van der Waals surface area contributed by atoms with E-state index in [1.807, 2.05) is 13.8 Å². The molecule has 21 heavy (non-hydrogen) atoms. The van der Waals surface area contributed by atoms with Gasteiger partial charge in [-0.1, -0.05) is 45.9 Å². The Hall–Kier alpha value is -1.76. The maximum atomic E-state index is 10.00. The van der Waals surface area contributed by atoms with Crippen LogP contribution in [0.15, 0.2) is 30.3 Å². The molecule has 0 aliphatic carbocycles. The quantitative estimate of drug-likeness (QED) is 0.740. The molecule has 1 N–H and O–H groups in total. The first-order chi connectivity index (χ1) is 9.81. The van der Waals surface area contributed by atoms with E-state index >= 15 is 0 Å². The second kappa shape index (κ2) is 5.93. The van der Waals surface area contributed by atoms with E-state index in [-0.39, 0.29) is 0 Å². The first kappa shape index (κ1) is 15.6. The Bertz CT molecular complexity index is 628. The fraction of sp³-hybridized carbons (Fsp3) is 0.400. The van der Waals surface area contributed by atoms with Crippen LogP contribution in [-0.4, -0.2) is 5.11 Å². The fourth-order valence-electron chi connectivity index (χ4n) is 2.80. The van der Waals surface area contributed by atoms with Gasteiger partial charge in [-0.25, -0.2) is 0 Å². The number of benzene rings is 2. The molecule has 0 aliphatic rings. The van der Waals surface area contributed by atoms with Gasteiger partial charge in [0.2, 0.25) is 0 Å². The molecule has 0 heterocycles. The molecule has 0 aliphatic heterocycles. The SMILES string of the molecule is Cc1cc(-c2cc(C(C)C)ccc2C(C)C)cc(C)c1O. The van der Waals surface area contributed by atoms with E-state index in [0.29, 0.717) is 17.6 Å². The molecule has 0 saturated carbocycles. The summed E-state index contributed by atoms with van der Waals surface area (Å²) in [6, 6.07) is 11.0. The third-order valence-corrected chi connectivity index (χ3v) is 4.17. The Labute approximate surface area is 128 Å². The van der Waals surface area contributed by atoms with Crippen molar-refractivity contribution in [2.24, 2.45) is 0 Å². The van der Waals surface area contributed by atoms with Crippen molar-refractivity contribution in [1.82, 2.24) is 0 Å². The van der Waals surface area contributed by atoms with Crippen LogP contribution in [0.5, 0.6) is 5.75 Å². The minimum atomic E-state index is 0.407. The molecular formula is C20H26O. The highest BCUT2D eigenvalue weighted by Gasteiger charge is 2.13. The number of phenolic OH excluding ortho intramolecular Hbond substituents is 1. The zero-order chi connectivity index (χ0) is 15.7. The van der Waals surface area contributed by atoms with E-state index in [1.54, 1.807) is 0 Å². The highest BCUT2D eigenvalue weighted by Crippen LogP contribution is 2.35. The number of rotatable bonds is 3. The number of aromatic hydroxyl groups is 1. The van der Waals surface area contributed by atoms with Crippen molar-refractivity contribution in [3.63, 3.8) is 0 Å². The van der Waals surface area contributed by atoms with Gasteiger partial charge in [0.15, 0.2) is 0 Å². The molecule has 0 unspecified atom stereocenters. The van der Waals surface area contributed by atoms with Gasteiger partial charge < -0.3 is 5.11 Å². The van der Waals surface area contributed by atoms with Gasteiger partial charge in [-0.3, -0.25) is 0 Å². The lowest BCUT2D eigenvalue weighted by molar-refractivity contribution is 0.467. The molecule has 1 heteroatoms. The maximum Gasteiger partial charge on any atom is 0.121 e. The Morgan fingerprint density at radius 3 is 1.86 bits per heavy atom. The summed E-state index contributed by atoms with van der Waals surface area (Å²) in [6.07, 6.45) is 0. The number of phenols is 1. The van der Waals surface area contributed by atoms with Crippen molar-refractivity contribution in [2.75, 3.05) is 0 Å². The van der Waals surface area contributed by atoms with Crippen molar-refractivity contribution < 1.29 is 5.11 Å². The van der Waals surface area contributed by atoms with E-state index in [0.717, 1.165) is 11.1 Å². The molecule has 0 amide bonds. The summed E-state index contributed by atoms with van der Waals surface area (Å²) < 4.78 is 0. The second-order valence-corrected chi connectivity index (χ2v) is 6.61. The molecular weight excluding hydrogens is 256 g/mol. The summed E-state index contributed by atoms with van der Waals surface area (Å²) in [5.74, 6) is 1.41. The van der Waals surface area contributed by atoms with Crippen LogP contribution in [0.25, 0.3) is 11.1 Å². The molecule has 112 valence electrons. The summed E-state index contributed by atoms with van der Waals surface area (Å²) in [7, 11) is 0. The highest BCUT2D eigenvalue weighted by atomic mass is 16.3. The summed E-state index contributed by atoms with van der Waals surface area (Å²) in [5.41, 5.74) is 7.10. The van der Waals surface area contributed by atoms with Gasteiger partial charge >= 0.3 is 0 Å². The van der Waals surface area contributed by atoms with Crippen LogP contribution in [0.3, 0.4) is 0 Å². The zero-order valence-electron chi connectivity index (χ0n) is 14.0. The van der Waals surface area contributed by atoms with E-state index in [1.165, 1.54) is 22.3 Å². The van der Waals surface area contributed by atoms with Crippen molar-refractivity contribution >= 4 is 0 Å². The third-order valence-electron chi connectivity index (χ3n) is 4.17. The predicted octanol–water partition coefficient (Wildman–Crippen LogP) is 5.92. The molecule has 0 radical (unpaired) electrons. The standard InChI is InChI=1S/C20H26O/c1-12(2)16-7-8-18(13(3)4)19(11-16)17-9-14(5)20(21)15(6)10-17/h7-13,21H,1-6H3. The second-order valence-electron chi connectivity index (χ2n) is 6.61. The molecule has 0 atom stereocenters. The van der Waals surface area contributed by atoms with Crippen LogP contribution in [0.4, 0.5) is 0 Å². The van der Waals surface area contributed by atoms with Crippen LogP contribution < -0.4 is 0 Å². The molecule has 2 aromatic rings.